The Morgan fingerprint density at radius 3 is 2.55 bits per heavy atom. The average molecular weight is 303 g/mol. The monoisotopic (exact) mass is 303 g/mol. The summed E-state index contributed by atoms with van der Waals surface area (Å²) in [6, 6.07) is 10.1. The van der Waals surface area contributed by atoms with Gasteiger partial charge in [0.1, 0.15) is 0 Å². The first kappa shape index (κ1) is 16.5. The molecular weight excluding hydrogens is 278 g/mol. The fraction of sp³-hybridized carbons (Fsp3) is 0.529. The van der Waals surface area contributed by atoms with Gasteiger partial charge in [0.05, 0.1) is 6.54 Å². The summed E-state index contributed by atoms with van der Waals surface area (Å²) in [5.74, 6) is 0.0294. The molecule has 5 nitrogen and oxygen atoms in total. The fourth-order valence-electron chi connectivity index (χ4n) is 2.86. The molecule has 0 spiro atoms. The van der Waals surface area contributed by atoms with Crippen LogP contribution in [0.15, 0.2) is 30.3 Å². The van der Waals surface area contributed by atoms with Crippen molar-refractivity contribution in [2.45, 2.75) is 38.1 Å². The topological polar surface area (TPSA) is 84.2 Å². The molecule has 2 atom stereocenters. The molecule has 1 fully saturated rings. The summed E-state index contributed by atoms with van der Waals surface area (Å²) in [5.41, 5.74) is 7.13. The highest BCUT2D eigenvalue weighted by Crippen LogP contribution is 2.26. The fourth-order valence-corrected chi connectivity index (χ4v) is 2.86. The Morgan fingerprint density at radius 1 is 1.09 bits per heavy atom. The zero-order valence-corrected chi connectivity index (χ0v) is 12.9. The minimum Gasteiger partial charge on any atom is -0.354 e. The highest BCUT2D eigenvalue weighted by Gasteiger charge is 2.25. The van der Waals surface area contributed by atoms with E-state index in [2.05, 4.69) is 10.6 Å². The molecule has 0 bridgehead atoms. The lowest BCUT2D eigenvalue weighted by molar-refractivity contribution is -0.126. The van der Waals surface area contributed by atoms with Gasteiger partial charge in [0, 0.05) is 19.0 Å². The van der Waals surface area contributed by atoms with E-state index in [4.69, 9.17) is 5.73 Å². The number of hydrogen-bond donors (Lipinski definition) is 3. The van der Waals surface area contributed by atoms with Crippen molar-refractivity contribution in [3.63, 3.8) is 0 Å². The van der Waals surface area contributed by atoms with Crippen LogP contribution in [0.2, 0.25) is 0 Å². The second-order valence-corrected chi connectivity index (χ2v) is 5.92. The highest BCUT2D eigenvalue weighted by atomic mass is 16.2. The Balaban J connectivity index is 1.58. The van der Waals surface area contributed by atoms with Crippen LogP contribution >= 0.6 is 0 Å². The molecule has 0 radical (unpaired) electrons. The van der Waals surface area contributed by atoms with E-state index in [0.29, 0.717) is 13.0 Å². The molecule has 0 saturated heterocycles. The molecular formula is C17H25N3O2. The van der Waals surface area contributed by atoms with Gasteiger partial charge < -0.3 is 16.4 Å². The van der Waals surface area contributed by atoms with Gasteiger partial charge in [-0.1, -0.05) is 36.8 Å². The van der Waals surface area contributed by atoms with Gasteiger partial charge in [-0.05, 0) is 30.7 Å². The van der Waals surface area contributed by atoms with E-state index >= 15 is 0 Å². The van der Waals surface area contributed by atoms with Gasteiger partial charge in [-0.2, -0.15) is 0 Å². The van der Waals surface area contributed by atoms with Crippen LogP contribution in [-0.2, 0) is 16.0 Å². The molecule has 120 valence electrons. The van der Waals surface area contributed by atoms with Crippen molar-refractivity contribution in [3.05, 3.63) is 35.9 Å². The third-order valence-corrected chi connectivity index (χ3v) is 4.19. The number of benzene rings is 1. The van der Waals surface area contributed by atoms with E-state index in [0.717, 1.165) is 25.7 Å². The summed E-state index contributed by atoms with van der Waals surface area (Å²) < 4.78 is 0. The number of hydrogen-bond acceptors (Lipinski definition) is 3. The summed E-state index contributed by atoms with van der Waals surface area (Å²) in [7, 11) is 0. The van der Waals surface area contributed by atoms with Crippen LogP contribution in [0.4, 0.5) is 0 Å². The summed E-state index contributed by atoms with van der Waals surface area (Å²) >= 11 is 0. The molecule has 2 rings (SSSR count). The lowest BCUT2D eigenvalue weighted by Gasteiger charge is -2.14. The Morgan fingerprint density at radius 2 is 1.86 bits per heavy atom. The maximum atomic E-state index is 11.8. The lowest BCUT2D eigenvalue weighted by atomic mass is 10.00. The minimum atomic E-state index is -0.153. The van der Waals surface area contributed by atoms with E-state index in [1.54, 1.807) is 0 Å². The first-order valence-corrected chi connectivity index (χ1v) is 7.98. The number of carbonyl (C=O) groups is 2. The Bertz CT molecular complexity index is 490. The molecule has 1 saturated carbocycles. The second-order valence-electron chi connectivity index (χ2n) is 5.92. The second kappa shape index (κ2) is 8.54. The quantitative estimate of drug-likeness (QED) is 0.702. The molecule has 1 aromatic carbocycles. The van der Waals surface area contributed by atoms with Crippen molar-refractivity contribution in [2.24, 2.45) is 11.7 Å². The SMILES string of the molecule is N[C@@H]1CCC[C@H]1CC(=O)NCC(=O)NCCc1ccccc1. The van der Waals surface area contributed by atoms with Crippen LogP contribution in [0.5, 0.6) is 0 Å². The molecule has 1 aromatic rings. The third kappa shape index (κ3) is 5.48. The zero-order chi connectivity index (χ0) is 15.8. The van der Waals surface area contributed by atoms with Gasteiger partial charge in [0.25, 0.3) is 0 Å². The standard InChI is InChI=1S/C17H25N3O2/c18-15-8-4-7-14(15)11-16(21)20-12-17(22)19-10-9-13-5-2-1-3-6-13/h1-3,5-6,14-15H,4,7-12,18H2,(H,19,22)(H,20,21)/t14-,15+/m0/s1. The molecule has 5 heteroatoms. The first-order chi connectivity index (χ1) is 10.6. The van der Waals surface area contributed by atoms with Crippen LogP contribution in [0.1, 0.15) is 31.2 Å². The van der Waals surface area contributed by atoms with Gasteiger partial charge in [-0.25, -0.2) is 0 Å². The minimum absolute atomic E-state index is 0.0373. The molecule has 22 heavy (non-hydrogen) atoms. The summed E-state index contributed by atoms with van der Waals surface area (Å²) in [6.07, 6.45) is 4.32. The summed E-state index contributed by atoms with van der Waals surface area (Å²) in [4.78, 5) is 23.5. The summed E-state index contributed by atoms with van der Waals surface area (Å²) in [5, 5.41) is 5.48. The molecule has 0 aliphatic heterocycles. The molecule has 4 N–H and O–H groups in total. The Hall–Kier alpha value is -1.88. The summed E-state index contributed by atoms with van der Waals surface area (Å²) in [6.45, 7) is 0.613. The van der Waals surface area contributed by atoms with Crippen molar-refractivity contribution in [2.75, 3.05) is 13.1 Å². The van der Waals surface area contributed by atoms with Crippen molar-refractivity contribution >= 4 is 11.8 Å². The molecule has 0 aromatic heterocycles. The predicted molar refractivity (Wildman–Crippen MR) is 86.1 cm³/mol. The van der Waals surface area contributed by atoms with Gasteiger partial charge in [0.15, 0.2) is 0 Å². The zero-order valence-electron chi connectivity index (χ0n) is 12.9. The normalized spacial score (nSPS) is 20.6. The van der Waals surface area contributed by atoms with Gasteiger partial charge >= 0.3 is 0 Å². The molecule has 0 heterocycles. The van der Waals surface area contributed by atoms with Crippen LogP contribution in [0, 0.1) is 5.92 Å². The Labute approximate surface area is 131 Å². The number of rotatable bonds is 7. The van der Waals surface area contributed by atoms with Crippen molar-refractivity contribution in [1.29, 1.82) is 0 Å². The van der Waals surface area contributed by atoms with Gasteiger partial charge in [-0.15, -0.1) is 0 Å². The van der Waals surface area contributed by atoms with Crippen molar-refractivity contribution in [3.8, 4) is 0 Å². The highest BCUT2D eigenvalue weighted by molar-refractivity contribution is 5.84. The number of nitrogens with two attached hydrogens (primary N) is 1. The van der Waals surface area contributed by atoms with Crippen LogP contribution in [-0.4, -0.2) is 30.9 Å². The molecule has 1 aliphatic rings. The number of carbonyl (C=O) groups excluding carboxylic acids is 2. The van der Waals surface area contributed by atoms with E-state index in [1.807, 2.05) is 30.3 Å². The maximum Gasteiger partial charge on any atom is 0.239 e. The van der Waals surface area contributed by atoms with E-state index in [-0.39, 0.29) is 30.3 Å². The third-order valence-electron chi connectivity index (χ3n) is 4.19. The van der Waals surface area contributed by atoms with Crippen LogP contribution < -0.4 is 16.4 Å². The van der Waals surface area contributed by atoms with Crippen molar-refractivity contribution < 1.29 is 9.59 Å². The average Bonchev–Trinajstić information content (AvgIpc) is 2.91. The molecule has 2 amide bonds. The largest absolute Gasteiger partial charge is 0.354 e. The van der Waals surface area contributed by atoms with E-state index in [9.17, 15) is 9.59 Å². The van der Waals surface area contributed by atoms with E-state index < -0.39 is 0 Å². The van der Waals surface area contributed by atoms with E-state index in [1.165, 1.54) is 5.56 Å². The Kier molecular flexibility index (Phi) is 6.40. The lowest BCUT2D eigenvalue weighted by Crippen LogP contribution is -2.39. The molecule has 1 aliphatic carbocycles. The van der Waals surface area contributed by atoms with Gasteiger partial charge in [-0.3, -0.25) is 9.59 Å². The van der Waals surface area contributed by atoms with Gasteiger partial charge in [0.2, 0.25) is 11.8 Å². The van der Waals surface area contributed by atoms with Crippen LogP contribution in [0.25, 0.3) is 0 Å². The number of nitrogens with one attached hydrogen (secondary N) is 2. The first-order valence-electron chi connectivity index (χ1n) is 7.98. The van der Waals surface area contributed by atoms with Crippen LogP contribution in [0.3, 0.4) is 0 Å². The predicted octanol–water partition coefficient (Wildman–Crippen LogP) is 0.979. The molecule has 0 unspecified atom stereocenters. The smallest absolute Gasteiger partial charge is 0.239 e. The number of amides is 2. The maximum absolute atomic E-state index is 11.8. The van der Waals surface area contributed by atoms with Crippen molar-refractivity contribution in [1.82, 2.24) is 10.6 Å².